The van der Waals surface area contributed by atoms with Crippen molar-refractivity contribution in [1.29, 1.82) is 0 Å². The predicted octanol–water partition coefficient (Wildman–Crippen LogP) is 1.47. The number of benzene rings is 1. The third-order valence-corrected chi connectivity index (χ3v) is 3.35. The fourth-order valence-electron chi connectivity index (χ4n) is 2.22. The Bertz CT molecular complexity index is 552. The van der Waals surface area contributed by atoms with Gasteiger partial charge in [-0.2, -0.15) is 0 Å². The van der Waals surface area contributed by atoms with Gasteiger partial charge in [-0.15, -0.1) is 0 Å². The fourth-order valence-corrected chi connectivity index (χ4v) is 2.22. The summed E-state index contributed by atoms with van der Waals surface area (Å²) in [6.07, 6.45) is 2.15. The number of carbonyl (C=O) groups is 2. The molecule has 1 aliphatic heterocycles. The first-order valence-corrected chi connectivity index (χ1v) is 7.18. The molecule has 120 valence electrons. The van der Waals surface area contributed by atoms with E-state index in [2.05, 4.69) is 5.32 Å². The summed E-state index contributed by atoms with van der Waals surface area (Å²) in [5.41, 5.74) is 0. The maximum Gasteiger partial charge on any atom is 0.257 e. The van der Waals surface area contributed by atoms with Crippen LogP contribution in [0, 0.1) is 11.6 Å². The number of rotatable bonds is 7. The van der Waals surface area contributed by atoms with Crippen LogP contribution in [0.4, 0.5) is 8.78 Å². The van der Waals surface area contributed by atoms with Gasteiger partial charge in [0.05, 0.1) is 0 Å². The zero-order valence-electron chi connectivity index (χ0n) is 12.1. The van der Waals surface area contributed by atoms with Gasteiger partial charge in [-0.05, 0) is 25.0 Å². The van der Waals surface area contributed by atoms with Gasteiger partial charge in [-0.25, -0.2) is 8.78 Å². The molecule has 0 aliphatic carbocycles. The molecule has 1 fully saturated rings. The summed E-state index contributed by atoms with van der Waals surface area (Å²) in [5, 5.41) is 2.62. The molecule has 7 heteroatoms. The molecule has 0 saturated carbocycles. The third kappa shape index (κ3) is 4.68. The van der Waals surface area contributed by atoms with Crippen molar-refractivity contribution in [2.24, 2.45) is 0 Å². The van der Waals surface area contributed by atoms with Crippen LogP contribution < -0.4 is 10.1 Å². The second kappa shape index (κ2) is 7.72. The summed E-state index contributed by atoms with van der Waals surface area (Å²) >= 11 is 0. The maximum absolute atomic E-state index is 13.3. The molecule has 1 N–H and O–H groups in total. The van der Waals surface area contributed by atoms with Crippen molar-refractivity contribution in [3.8, 4) is 5.75 Å². The third-order valence-electron chi connectivity index (χ3n) is 3.35. The molecule has 0 bridgehead atoms. The Hall–Kier alpha value is -2.18. The van der Waals surface area contributed by atoms with Crippen LogP contribution in [0.1, 0.15) is 19.3 Å². The van der Waals surface area contributed by atoms with Crippen molar-refractivity contribution < 1.29 is 23.1 Å². The van der Waals surface area contributed by atoms with E-state index in [9.17, 15) is 18.4 Å². The first-order valence-electron chi connectivity index (χ1n) is 7.18. The largest absolute Gasteiger partial charge is 0.481 e. The quantitative estimate of drug-likeness (QED) is 0.776. The van der Waals surface area contributed by atoms with Crippen molar-refractivity contribution in [3.05, 3.63) is 29.8 Å². The normalized spacial score (nSPS) is 14.3. The van der Waals surface area contributed by atoms with E-state index in [1.165, 1.54) is 0 Å². The van der Waals surface area contributed by atoms with E-state index in [4.69, 9.17) is 4.74 Å². The molecule has 1 aromatic rings. The SMILES string of the molecule is O=C(COc1ccc(F)cc1F)NCCCN1CCCC1=O. The Morgan fingerprint density at radius 3 is 2.86 bits per heavy atom. The Kier molecular flexibility index (Phi) is 5.68. The van der Waals surface area contributed by atoms with E-state index in [0.717, 1.165) is 25.1 Å². The van der Waals surface area contributed by atoms with Gasteiger partial charge in [-0.3, -0.25) is 9.59 Å². The van der Waals surface area contributed by atoms with E-state index in [-0.39, 0.29) is 18.3 Å². The van der Waals surface area contributed by atoms with Gasteiger partial charge >= 0.3 is 0 Å². The molecular weight excluding hydrogens is 294 g/mol. The smallest absolute Gasteiger partial charge is 0.257 e. The number of nitrogens with one attached hydrogen (secondary N) is 1. The molecule has 1 aromatic carbocycles. The second-order valence-corrected chi connectivity index (χ2v) is 5.05. The number of hydrogen-bond acceptors (Lipinski definition) is 3. The van der Waals surface area contributed by atoms with E-state index in [1.807, 2.05) is 0 Å². The van der Waals surface area contributed by atoms with Crippen LogP contribution >= 0.6 is 0 Å². The Labute approximate surface area is 127 Å². The van der Waals surface area contributed by atoms with Crippen LogP contribution in [-0.2, 0) is 9.59 Å². The van der Waals surface area contributed by atoms with Gasteiger partial charge in [0.2, 0.25) is 5.91 Å². The zero-order chi connectivity index (χ0) is 15.9. The number of carbonyl (C=O) groups excluding carboxylic acids is 2. The lowest BCUT2D eigenvalue weighted by Crippen LogP contribution is -2.33. The van der Waals surface area contributed by atoms with Crippen molar-refractivity contribution in [3.63, 3.8) is 0 Å². The molecule has 0 spiro atoms. The van der Waals surface area contributed by atoms with Crippen LogP contribution in [0.2, 0.25) is 0 Å². The molecule has 0 unspecified atom stereocenters. The van der Waals surface area contributed by atoms with Crippen LogP contribution in [0.5, 0.6) is 5.75 Å². The molecule has 1 saturated heterocycles. The second-order valence-electron chi connectivity index (χ2n) is 5.05. The van der Waals surface area contributed by atoms with Gasteiger partial charge in [0.25, 0.3) is 5.91 Å². The lowest BCUT2D eigenvalue weighted by molar-refractivity contribution is -0.127. The summed E-state index contributed by atoms with van der Waals surface area (Å²) in [5.74, 6) is -1.96. The van der Waals surface area contributed by atoms with Gasteiger partial charge in [0.15, 0.2) is 18.2 Å². The molecule has 2 amide bonds. The first-order chi connectivity index (χ1) is 10.6. The molecule has 1 heterocycles. The summed E-state index contributed by atoms with van der Waals surface area (Å²) in [7, 11) is 0. The minimum absolute atomic E-state index is 0.154. The van der Waals surface area contributed by atoms with Crippen molar-refractivity contribution >= 4 is 11.8 Å². The highest BCUT2D eigenvalue weighted by atomic mass is 19.1. The average Bonchev–Trinajstić information content (AvgIpc) is 2.88. The van der Waals surface area contributed by atoms with Gasteiger partial charge in [-0.1, -0.05) is 0 Å². The minimum atomic E-state index is -0.847. The number of halogens is 2. The summed E-state index contributed by atoms with van der Waals surface area (Å²) in [6, 6.07) is 2.89. The number of amides is 2. The molecular formula is C15H18F2N2O3. The van der Waals surface area contributed by atoms with Crippen molar-refractivity contribution in [2.45, 2.75) is 19.3 Å². The molecule has 5 nitrogen and oxygen atoms in total. The minimum Gasteiger partial charge on any atom is -0.481 e. The van der Waals surface area contributed by atoms with E-state index in [0.29, 0.717) is 32.0 Å². The molecule has 0 atom stereocenters. The maximum atomic E-state index is 13.3. The first kappa shape index (κ1) is 16.2. The van der Waals surface area contributed by atoms with Gasteiger partial charge in [0, 0.05) is 32.1 Å². The van der Waals surface area contributed by atoms with Crippen molar-refractivity contribution in [2.75, 3.05) is 26.2 Å². The summed E-state index contributed by atoms with van der Waals surface area (Å²) < 4.78 is 31.0. The zero-order valence-corrected chi connectivity index (χ0v) is 12.1. The lowest BCUT2D eigenvalue weighted by atomic mass is 10.3. The van der Waals surface area contributed by atoms with Crippen LogP contribution in [0.25, 0.3) is 0 Å². The van der Waals surface area contributed by atoms with Crippen LogP contribution in [0.3, 0.4) is 0 Å². The van der Waals surface area contributed by atoms with E-state index >= 15 is 0 Å². The predicted molar refractivity (Wildman–Crippen MR) is 75.3 cm³/mol. The summed E-state index contributed by atoms with van der Waals surface area (Å²) in [4.78, 5) is 24.7. The fraction of sp³-hybridized carbons (Fsp3) is 0.467. The highest BCUT2D eigenvalue weighted by Gasteiger charge is 2.19. The van der Waals surface area contributed by atoms with Crippen LogP contribution in [0.15, 0.2) is 18.2 Å². The highest BCUT2D eigenvalue weighted by molar-refractivity contribution is 5.78. The van der Waals surface area contributed by atoms with E-state index < -0.39 is 17.5 Å². The average molecular weight is 312 g/mol. The topological polar surface area (TPSA) is 58.6 Å². The monoisotopic (exact) mass is 312 g/mol. The Balaban J connectivity index is 1.62. The molecule has 0 radical (unpaired) electrons. The van der Waals surface area contributed by atoms with Crippen molar-refractivity contribution in [1.82, 2.24) is 10.2 Å². The number of likely N-dealkylation sites (tertiary alicyclic amines) is 1. The standard InChI is InChI=1S/C15H18F2N2O3/c16-11-4-5-13(12(17)9-11)22-10-14(20)18-6-2-8-19-7-1-3-15(19)21/h4-5,9H,1-3,6-8,10H2,(H,18,20). The van der Waals surface area contributed by atoms with Gasteiger partial charge < -0.3 is 15.0 Å². The van der Waals surface area contributed by atoms with E-state index in [1.54, 1.807) is 4.90 Å². The number of nitrogens with zero attached hydrogens (tertiary/aromatic N) is 1. The molecule has 1 aliphatic rings. The molecule has 22 heavy (non-hydrogen) atoms. The molecule has 2 rings (SSSR count). The van der Waals surface area contributed by atoms with Gasteiger partial charge in [0.1, 0.15) is 5.82 Å². The number of hydrogen-bond donors (Lipinski definition) is 1. The highest BCUT2D eigenvalue weighted by Crippen LogP contribution is 2.17. The lowest BCUT2D eigenvalue weighted by Gasteiger charge is -2.15. The van der Waals surface area contributed by atoms with Crippen LogP contribution in [-0.4, -0.2) is 43.0 Å². The Morgan fingerprint density at radius 2 is 2.18 bits per heavy atom. The molecule has 0 aromatic heterocycles. The summed E-state index contributed by atoms with van der Waals surface area (Å²) in [6.45, 7) is 1.47. The Morgan fingerprint density at radius 1 is 1.36 bits per heavy atom. The number of ether oxygens (including phenoxy) is 1.